The Morgan fingerprint density at radius 2 is 1.81 bits per heavy atom. The topological polar surface area (TPSA) is 66.5 Å². The van der Waals surface area contributed by atoms with Gasteiger partial charge in [-0.15, -0.1) is 6.58 Å². The van der Waals surface area contributed by atoms with Gasteiger partial charge in [0.2, 0.25) is 0 Å². The van der Waals surface area contributed by atoms with E-state index in [4.69, 9.17) is 11.6 Å². The number of benzene rings is 2. The van der Waals surface area contributed by atoms with E-state index >= 15 is 0 Å². The van der Waals surface area contributed by atoms with Crippen LogP contribution in [0.3, 0.4) is 0 Å². The predicted octanol–water partition coefficient (Wildman–Crippen LogP) is 3.61. The Kier molecular flexibility index (Phi) is 4.91. The van der Waals surface area contributed by atoms with Crippen LogP contribution in [0.2, 0.25) is 5.02 Å². The Morgan fingerprint density at radius 1 is 1.15 bits per heavy atom. The number of nitrogens with zero attached hydrogens (tertiary/aromatic N) is 1. The highest BCUT2D eigenvalue weighted by Gasteiger charge is 2.35. The molecule has 1 atom stereocenters. The van der Waals surface area contributed by atoms with E-state index in [2.05, 4.69) is 11.9 Å². The summed E-state index contributed by atoms with van der Waals surface area (Å²) < 4.78 is 0. The first-order valence-corrected chi connectivity index (χ1v) is 8.47. The Morgan fingerprint density at radius 3 is 2.46 bits per heavy atom. The summed E-state index contributed by atoms with van der Waals surface area (Å²) in [6.07, 6.45) is 1.49. The molecule has 0 bridgehead atoms. The maximum Gasteiger partial charge on any atom is 0.261 e. The Balaban J connectivity index is 1.80. The highest BCUT2D eigenvalue weighted by molar-refractivity contribution is 6.30. The van der Waals surface area contributed by atoms with Gasteiger partial charge >= 0.3 is 0 Å². The molecule has 0 aromatic heterocycles. The molecule has 0 aliphatic carbocycles. The second-order valence-corrected chi connectivity index (χ2v) is 6.45. The van der Waals surface area contributed by atoms with Gasteiger partial charge in [-0.1, -0.05) is 29.8 Å². The fraction of sp³-hybridized carbons (Fsp3) is 0.150. The summed E-state index contributed by atoms with van der Waals surface area (Å²) in [6, 6.07) is 11.5. The maximum atomic E-state index is 12.5. The second kappa shape index (κ2) is 7.14. The molecule has 2 aromatic rings. The van der Waals surface area contributed by atoms with Crippen LogP contribution in [0.4, 0.5) is 0 Å². The number of halogens is 1. The van der Waals surface area contributed by atoms with E-state index in [9.17, 15) is 14.4 Å². The van der Waals surface area contributed by atoms with Crippen LogP contribution >= 0.6 is 11.6 Å². The molecule has 3 rings (SSSR count). The molecule has 0 spiro atoms. The monoisotopic (exact) mass is 368 g/mol. The Hall–Kier alpha value is -2.92. The summed E-state index contributed by atoms with van der Waals surface area (Å²) >= 11 is 5.87. The van der Waals surface area contributed by atoms with Crippen molar-refractivity contribution in [3.8, 4) is 0 Å². The number of hydrogen-bond acceptors (Lipinski definition) is 3. The van der Waals surface area contributed by atoms with Crippen LogP contribution in [0.5, 0.6) is 0 Å². The van der Waals surface area contributed by atoms with E-state index < -0.39 is 5.91 Å². The molecule has 0 saturated carbocycles. The zero-order valence-electron chi connectivity index (χ0n) is 14.2. The van der Waals surface area contributed by atoms with Crippen molar-refractivity contribution >= 4 is 29.3 Å². The van der Waals surface area contributed by atoms with Gasteiger partial charge < -0.3 is 5.32 Å². The summed E-state index contributed by atoms with van der Waals surface area (Å²) in [7, 11) is 0. The van der Waals surface area contributed by atoms with Gasteiger partial charge in [0.15, 0.2) is 0 Å². The van der Waals surface area contributed by atoms with E-state index in [0.717, 1.165) is 10.5 Å². The molecular formula is C20H17ClN2O3. The SMILES string of the molecule is C=CCN1C(=O)c2ccc(C(=O)N[C@H](C)c3ccc(Cl)cc3)cc2C1=O. The van der Waals surface area contributed by atoms with E-state index in [0.29, 0.717) is 16.1 Å². The first-order chi connectivity index (χ1) is 12.4. The van der Waals surface area contributed by atoms with E-state index in [1.165, 1.54) is 18.2 Å². The third kappa shape index (κ3) is 3.26. The van der Waals surface area contributed by atoms with Crippen molar-refractivity contribution in [1.82, 2.24) is 10.2 Å². The first kappa shape index (κ1) is 17.9. The fourth-order valence-electron chi connectivity index (χ4n) is 2.84. The van der Waals surface area contributed by atoms with Crippen molar-refractivity contribution in [2.24, 2.45) is 0 Å². The molecule has 1 N–H and O–H groups in total. The van der Waals surface area contributed by atoms with Gasteiger partial charge in [0.25, 0.3) is 17.7 Å². The van der Waals surface area contributed by atoms with Crippen molar-refractivity contribution in [3.63, 3.8) is 0 Å². The van der Waals surface area contributed by atoms with Crippen LogP contribution in [-0.4, -0.2) is 29.2 Å². The number of carbonyl (C=O) groups is 3. The van der Waals surface area contributed by atoms with Gasteiger partial charge in [-0.25, -0.2) is 0 Å². The molecule has 1 aliphatic heterocycles. The number of fused-ring (bicyclic) bond motifs is 1. The lowest BCUT2D eigenvalue weighted by Gasteiger charge is -2.14. The zero-order valence-corrected chi connectivity index (χ0v) is 14.9. The number of imide groups is 1. The van der Waals surface area contributed by atoms with Crippen LogP contribution in [-0.2, 0) is 0 Å². The molecule has 0 unspecified atom stereocenters. The molecule has 0 fully saturated rings. The van der Waals surface area contributed by atoms with E-state index in [-0.39, 0.29) is 30.0 Å². The first-order valence-electron chi connectivity index (χ1n) is 8.10. The third-order valence-electron chi connectivity index (χ3n) is 4.26. The van der Waals surface area contributed by atoms with E-state index in [1.807, 2.05) is 19.1 Å². The van der Waals surface area contributed by atoms with Crippen molar-refractivity contribution in [3.05, 3.63) is 82.4 Å². The molecule has 5 nitrogen and oxygen atoms in total. The molecule has 0 saturated heterocycles. The lowest BCUT2D eigenvalue weighted by molar-refractivity contribution is 0.0672. The van der Waals surface area contributed by atoms with Gasteiger partial charge in [0.1, 0.15) is 0 Å². The summed E-state index contributed by atoms with van der Waals surface area (Å²) in [5, 5.41) is 3.50. The maximum absolute atomic E-state index is 12.5. The molecule has 3 amide bonds. The number of carbonyl (C=O) groups excluding carboxylic acids is 3. The molecule has 1 aliphatic rings. The van der Waals surface area contributed by atoms with Crippen LogP contribution in [0.15, 0.2) is 55.1 Å². The second-order valence-electron chi connectivity index (χ2n) is 6.02. The lowest BCUT2D eigenvalue weighted by atomic mass is 10.0. The number of rotatable bonds is 5. The van der Waals surface area contributed by atoms with Crippen molar-refractivity contribution in [2.75, 3.05) is 6.54 Å². The quantitative estimate of drug-likeness (QED) is 0.647. The highest BCUT2D eigenvalue weighted by atomic mass is 35.5. The molecule has 1 heterocycles. The lowest BCUT2D eigenvalue weighted by Crippen LogP contribution is -2.29. The number of nitrogens with one attached hydrogen (secondary N) is 1. The molecule has 0 radical (unpaired) electrons. The summed E-state index contributed by atoms with van der Waals surface area (Å²) in [4.78, 5) is 38.2. The minimum absolute atomic E-state index is 0.140. The molecule has 132 valence electrons. The Bertz CT molecular complexity index is 906. The van der Waals surface area contributed by atoms with Crippen LogP contribution in [0.1, 0.15) is 49.6 Å². The minimum atomic E-state index is -0.412. The van der Waals surface area contributed by atoms with Crippen molar-refractivity contribution in [2.45, 2.75) is 13.0 Å². The Labute approximate surface area is 156 Å². The number of amides is 3. The summed E-state index contributed by atoms with van der Waals surface area (Å²) in [5.41, 5.74) is 1.78. The van der Waals surface area contributed by atoms with Crippen LogP contribution in [0, 0.1) is 0 Å². The smallest absolute Gasteiger partial charge is 0.261 e. The van der Waals surface area contributed by atoms with Crippen LogP contribution < -0.4 is 5.32 Å². The average Bonchev–Trinajstić information content (AvgIpc) is 2.87. The minimum Gasteiger partial charge on any atom is -0.346 e. The van der Waals surface area contributed by atoms with E-state index in [1.54, 1.807) is 18.2 Å². The average molecular weight is 369 g/mol. The van der Waals surface area contributed by atoms with Gasteiger partial charge in [-0.3, -0.25) is 19.3 Å². The standard InChI is InChI=1S/C20H17ClN2O3/c1-3-10-23-19(25)16-9-6-14(11-17(16)20(23)26)18(24)22-12(2)13-4-7-15(21)8-5-13/h3-9,11-12H,1,10H2,2H3,(H,22,24)/t12-/m1/s1. The summed E-state index contributed by atoms with van der Waals surface area (Å²) in [5.74, 6) is -1.10. The zero-order chi connectivity index (χ0) is 18.8. The van der Waals surface area contributed by atoms with Crippen LogP contribution in [0.25, 0.3) is 0 Å². The molecule has 26 heavy (non-hydrogen) atoms. The van der Waals surface area contributed by atoms with Gasteiger partial charge in [-0.05, 0) is 42.8 Å². The van der Waals surface area contributed by atoms with Gasteiger partial charge in [0.05, 0.1) is 17.2 Å². The summed E-state index contributed by atoms with van der Waals surface area (Å²) in [6.45, 7) is 5.55. The third-order valence-corrected chi connectivity index (χ3v) is 4.51. The fourth-order valence-corrected chi connectivity index (χ4v) is 2.97. The van der Waals surface area contributed by atoms with Crippen molar-refractivity contribution < 1.29 is 14.4 Å². The van der Waals surface area contributed by atoms with Crippen molar-refractivity contribution in [1.29, 1.82) is 0 Å². The van der Waals surface area contributed by atoms with Gasteiger partial charge in [-0.2, -0.15) is 0 Å². The normalized spacial score (nSPS) is 14.2. The largest absolute Gasteiger partial charge is 0.346 e. The molecule has 6 heteroatoms. The predicted molar refractivity (Wildman–Crippen MR) is 99.3 cm³/mol. The molecular weight excluding hydrogens is 352 g/mol. The molecule has 2 aromatic carbocycles. The highest BCUT2D eigenvalue weighted by Crippen LogP contribution is 2.24. The van der Waals surface area contributed by atoms with Gasteiger partial charge in [0, 0.05) is 17.1 Å². The number of hydrogen-bond donors (Lipinski definition) is 1.